The zero-order valence-corrected chi connectivity index (χ0v) is 12.0. The molecule has 20 heavy (non-hydrogen) atoms. The van der Waals surface area contributed by atoms with Gasteiger partial charge in [-0.15, -0.1) is 0 Å². The van der Waals surface area contributed by atoms with E-state index in [0.717, 1.165) is 18.4 Å². The molecule has 0 spiro atoms. The van der Waals surface area contributed by atoms with Crippen molar-refractivity contribution in [2.45, 2.75) is 39.0 Å². The Kier molecular flexibility index (Phi) is 4.47. The minimum atomic E-state index is -0.761. The van der Waals surface area contributed by atoms with E-state index in [1.54, 1.807) is 11.2 Å². The highest BCUT2D eigenvalue weighted by Gasteiger charge is 2.28. The second-order valence-corrected chi connectivity index (χ2v) is 5.69. The Morgan fingerprint density at radius 2 is 2.05 bits per heavy atom. The number of hydrogen-bond acceptors (Lipinski definition) is 3. The fourth-order valence-corrected chi connectivity index (χ4v) is 2.68. The summed E-state index contributed by atoms with van der Waals surface area (Å²) in [6.45, 7) is 5.27. The van der Waals surface area contributed by atoms with Gasteiger partial charge in [0.15, 0.2) is 5.76 Å². The van der Waals surface area contributed by atoms with E-state index in [9.17, 15) is 9.59 Å². The predicted octanol–water partition coefficient (Wildman–Crippen LogP) is 2.73. The summed E-state index contributed by atoms with van der Waals surface area (Å²) in [7, 11) is 0. The number of furan rings is 1. The first kappa shape index (κ1) is 14.6. The summed E-state index contributed by atoms with van der Waals surface area (Å²) in [5.41, 5.74) is 0.933. The van der Waals surface area contributed by atoms with Gasteiger partial charge < -0.3 is 14.4 Å². The molecule has 0 atom stereocenters. The van der Waals surface area contributed by atoms with Gasteiger partial charge in [-0.3, -0.25) is 9.59 Å². The van der Waals surface area contributed by atoms with Gasteiger partial charge in [0.05, 0.1) is 6.26 Å². The Hall–Kier alpha value is -1.78. The predicted molar refractivity (Wildman–Crippen MR) is 73.7 cm³/mol. The van der Waals surface area contributed by atoms with Crippen LogP contribution in [0.1, 0.15) is 55.1 Å². The SMILES string of the molecule is CC(C)c1ccoc1C(=O)N1CCC(CC(=O)O)CC1. The number of carboxylic acid groups (broad SMARTS) is 1. The summed E-state index contributed by atoms with van der Waals surface area (Å²) in [5.74, 6) is 0.0158. The number of nitrogens with zero attached hydrogens (tertiary/aromatic N) is 1. The molecule has 2 rings (SSSR count). The van der Waals surface area contributed by atoms with Crippen LogP contribution in [0.5, 0.6) is 0 Å². The zero-order valence-electron chi connectivity index (χ0n) is 12.0. The van der Waals surface area contributed by atoms with Gasteiger partial charge in [0.2, 0.25) is 0 Å². The largest absolute Gasteiger partial charge is 0.481 e. The minimum absolute atomic E-state index is 0.0764. The lowest BCUT2D eigenvalue weighted by Gasteiger charge is -2.31. The highest BCUT2D eigenvalue weighted by molar-refractivity contribution is 5.93. The maximum Gasteiger partial charge on any atom is 0.303 e. The van der Waals surface area contributed by atoms with Gasteiger partial charge in [-0.1, -0.05) is 13.8 Å². The van der Waals surface area contributed by atoms with Crippen molar-refractivity contribution in [2.24, 2.45) is 5.92 Å². The van der Waals surface area contributed by atoms with Crippen LogP contribution in [0.4, 0.5) is 0 Å². The molecule has 0 saturated carbocycles. The molecule has 1 fully saturated rings. The number of rotatable bonds is 4. The number of amides is 1. The van der Waals surface area contributed by atoms with Crippen molar-refractivity contribution in [1.29, 1.82) is 0 Å². The second-order valence-electron chi connectivity index (χ2n) is 5.69. The normalized spacial score (nSPS) is 16.6. The van der Waals surface area contributed by atoms with Crippen LogP contribution in [0.15, 0.2) is 16.7 Å². The Labute approximate surface area is 118 Å². The molecule has 110 valence electrons. The molecule has 0 radical (unpaired) electrons. The van der Waals surface area contributed by atoms with Crippen LogP contribution in [0.3, 0.4) is 0 Å². The smallest absolute Gasteiger partial charge is 0.303 e. The van der Waals surface area contributed by atoms with E-state index in [1.165, 1.54) is 0 Å². The highest BCUT2D eigenvalue weighted by Crippen LogP contribution is 2.25. The zero-order chi connectivity index (χ0) is 14.7. The first-order chi connectivity index (χ1) is 9.49. The van der Waals surface area contributed by atoms with Crippen molar-refractivity contribution in [3.8, 4) is 0 Å². The molecule has 0 bridgehead atoms. The fourth-order valence-electron chi connectivity index (χ4n) is 2.68. The first-order valence-electron chi connectivity index (χ1n) is 7.07. The van der Waals surface area contributed by atoms with Crippen LogP contribution < -0.4 is 0 Å². The van der Waals surface area contributed by atoms with Crippen molar-refractivity contribution in [1.82, 2.24) is 4.90 Å². The van der Waals surface area contributed by atoms with Crippen molar-refractivity contribution in [3.63, 3.8) is 0 Å². The van der Waals surface area contributed by atoms with Gasteiger partial charge in [0.25, 0.3) is 5.91 Å². The maximum absolute atomic E-state index is 12.4. The van der Waals surface area contributed by atoms with Gasteiger partial charge in [0, 0.05) is 25.1 Å². The molecule has 0 aliphatic carbocycles. The Morgan fingerprint density at radius 3 is 2.60 bits per heavy atom. The summed E-state index contributed by atoms with van der Waals surface area (Å²) >= 11 is 0. The van der Waals surface area contributed by atoms with E-state index in [4.69, 9.17) is 9.52 Å². The number of hydrogen-bond donors (Lipinski definition) is 1. The second kappa shape index (κ2) is 6.11. The summed E-state index contributed by atoms with van der Waals surface area (Å²) in [6.07, 6.45) is 3.24. The summed E-state index contributed by atoms with van der Waals surface area (Å²) < 4.78 is 5.35. The molecule has 1 aliphatic heterocycles. The summed E-state index contributed by atoms with van der Waals surface area (Å²) in [4.78, 5) is 24.9. The molecule has 5 nitrogen and oxygen atoms in total. The van der Waals surface area contributed by atoms with Crippen molar-refractivity contribution >= 4 is 11.9 Å². The molecule has 1 aliphatic rings. The maximum atomic E-state index is 12.4. The van der Waals surface area contributed by atoms with Gasteiger partial charge in [-0.05, 0) is 30.7 Å². The molecule has 2 heterocycles. The minimum Gasteiger partial charge on any atom is -0.481 e. The monoisotopic (exact) mass is 279 g/mol. The third-order valence-electron chi connectivity index (χ3n) is 3.88. The number of piperidine rings is 1. The molecule has 5 heteroatoms. The van der Waals surface area contributed by atoms with E-state index in [1.807, 2.05) is 19.9 Å². The van der Waals surface area contributed by atoms with E-state index in [-0.39, 0.29) is 24.2 Å². The van der Waals surface area contributed by atoms with Crippen molar-refractivity contribution in [2.75, 3.05) is 13.1 Å². The van der Waals surface area contributed by atoms with E-state index in [0.29, 0.717) is 18.8 Å². The lowest BCUT2D eigenvalue weighted by atomic mass is 9.93. The number of carbonyl (C=O) groups excluding carboxylic acids is 1. The van der Waals surface area contributed by atoms with Crippen LogP contribution in [0.2, 0.25) is 0 Å². The molecular formula is C15H21NO4. The van der Waals surface area contributed by atoms with Gasteiger partial charge in [0.1, 0.15) is 0 Å². The third kappa shape index (κ3) is 3.21. The molecule has 1 aromatic rings. The number of likely N-dealkylation sites (tertiary alicyclic amines) is 1. The lowest BCUT2D eigenvalue weighted by molar-refractivity contribution is -0.138. The van der Waals surface area contributed by atoms with Gasteiger partial charge in [-0.2, -0.15) is 0 Å². The van der Waals surface area contributed by atoms with Gasteiger partial charge in [-0.25, -0.2) is 0 Å². The molecule has 0 aromatic carbocycles. The van der Waals surface area contributed by atoms with E-state index >= 15 is 0 Å². The Balaban J connectivity index is 1.98. The highest BCUT2D eigenvalue weighted by atomic mass is 16.4. The standard InChI is InChI=1S/C15H21NO4/c1-10(2)12-5-8-20-14(12)15(19)16-6-3-11(4-7-16)9-13(17)18/h5,8,10-11H,3-4,6-7,9H2,1-2H3,(H,17,18). The number of carbonyl (C=O) groups is 2. The summed E-state index contributed by atoms with van der Waals surface area (Å²) in [6, 6.07) is 1.84. The van der Waals surface area contributed by atoms with Crippen molar-refractivity contribution in [3.05, 3.63) is 23.7 Å². The topological polar surface area (TPSA) is 70.8 Å². The average molecular weight is 279 g/mol. The summed E-state index contributed by atoms with van der Waals surface area (Å²) in [5, 5.41) is 8.79. The quantitative estimate of drug-likeness (QED) is 0.920. The average Bonchev–Trinajstić information content (AvgIpc) is 2.87. The van der Waals surface area contributed by atoms with Crippen LogP contribution in [0.25, 0.3) is 0 Å². The molecule has 1 N–H and O–H groups in total. The van der Waals surface area contributed by atoms with Crippen LogP contribution >= 0.6 is 0 Å². The molecular weight excluding hydrogens is 258 g/mol. The Bertz CT molecular complexity index is 484. The molecule has 1 saturated heterocycles. The van der Waals surface area contributed by atoms with Crippen LogP contribution in [0, 0.1) is 5.92 Å². The number of aliphatic carboxylic acids is 1. The van der Waals surface area contributed by atoms with Crippen LogP contribution in [-0.4, -0.2) is 35.0 Å². The Morgan fingerprint density at radius 1 is 1.40 bits per heavy atom. The van der Waals surface area contributed by atoms with Crippen LogP contribution in [-0.2, 0) is 4.79 Å². The van der Waals surface area contributed by atoms with E-state index < -0.39 is 5.97 Å². The molecule has 0 unspecified atom stereocenters. The third-order valence-corrected chi connectivity index (χ3v) is 3.88. The van der Waals surface area contributed by atoms with E-state index in [2.05, 4.69) is 0 Å². The number of carboxylic acids is 1. The molecule has 1 amide bonds. The first-order valence-corrected chi connectivity index (χ1v) is 7.07. The van der Waals surface area contributed by atoms with Gasteiger partial charge >= 0.3 is 5.97 Å². The van der Waals surface area contributed by atoms with Crippen molar-refractivity contribution < 1.29 is 19.1 Å². The fraction of sp³-hybridized carbons (Fsp3) is 0.600. The lowest BCUT2D eigenvalue weighted by Crippen LogP contribution is -2.39. The molecule has 1 aromatic heterocycles.